The molecule has 108 valence electrons. The number of benzene rings is 1. The highest BCUT2D eigenvalue weighted by atomic mass is 16.4. The van der Waals surface area contributed by atoms with Crippen LogP contribution in [0.3, 0.4) is 0 Å². The summed E-state index contributed by atoms with van der Waals surface area (Å²) in [5.41, 5.74) is 7.29. The van der Waals surface area contributed by atoms with E-state index in [4.69, 9.17) is 5.73 Å². The van der Waals surface area contributed by atoms with Crippen LogP contribution in [0.4, 0.5) is 5.69 Å². The minimum atomic E-state index is -0.908. The maximum Gasteiger partial charge on any atom is 0.312 e. The Morgan fingerprint density at radius 2 is 2.15 bits per heavy atom. The molecule has 0 saturated heterocycles. The number of nitrogens with zero attached hydrogens (tertiary/aromatic N) is 1. The second-order valence-corrected chi connectivity index (χ2v) is 5.15. The van der Waals surface area contributed by atoms with Crippen LogP contribution in [0, 0.1) is 0 Å². The van der Waals surface area contributed by atoms with E-state index in [0.717, 1.165) is 12.8 Å². The maximum absolute atomic E-state index is 12.4. The Labute approximate surface area is 118 Å². The van der Waals surface area contributed by atoms with Gasteiger partial charge in [0, 0.05) is 12.2 Å². The van der Waals surface area contributed by atoms with Gasteiger partial charge in [-0.25, -0.2) is 0 Å². The first-order valence-corrected chi connectivity index (χ1v) is 6.95. The Morgan fingerprint density at radius 3 is 2.80 bits per heavy atom. The average Bonchev–Trinajstić information content (AvgIpc) is 2.83. The number of nitrogens with two attached hydrogens (primary N) is 1. The van der Waals surface area contributed by atoms with Crippen molar-refractivity contribution in [3.05, 3.63) is 29.8 Å². The lowest BCUT2D eigenvalue weighted by molar-refractivity contribution is -0.138. The van der Waals surface area contributed by atoms with Crippen molar-refractivity contribution in [2.24, 2.45) is 5.73 Å². The molecule has 2 rings (SSSR count). The summed E-state index contributed by atoms with van der Waals surface area (Å²) in [6.07, 6.45) is 2.51. The number of aliphatic carboxylic acids is 1. The van der Waals surface area contributed by atoms with E-state index in [1.54, 1.807) is 24.3 Å². The molecule has 2 unspecified atom stereocenters. The molecule has 0 bridgehead atoms. The van der Waals surface area contributed by atoms with E-state index in [1.165, 1.54) is 4.90 Å². The van der Waals surface area contributed by atoms with Gasteiger partial charge in [0.1, 0.15) is 5.92 Å². The van der Waals surface area contributed by atoms with Gasteiger partial charge >= 0.3 is 5.97 Å². The highest BCUT2D eigenvalue weighted by Gasteiger charge is 2.37. The SMILES string of the molecule is CCCCC(N)C(=O)N1CC(C(=O)O)c2ccccc21. The van der Waals surface area contributed by atoms with Crippen LogP contribution in [0.15, 0.2) is 24.3 Å². The molecule has 0 saturated carbocycles. The van der Waals surface area contributed by atoms with Crippen LogP contribution >= 0.6 is 0 Å². The molecule has 0 aromatic heterocycles. The zero-order valence-corrected chi connectivity index (χ0v) is 11.6. The van der Waals surface area contributed by atoms with Crippen molar-refractivity contribution in [3.63, 3.8) is 0 Å². The van der Waals surface area contributed by atoms with Crippen LogP contribution in [0.1, 0.15) is 37.7 Å². The number of rotatable bonds is 5. The molecule has 1 aliphatic rings. The number of carboxylic acids is 1. The van der Waals surface area contributed by atoms with Crippen LogP contribution in [0.5, 0.6) is 0 Å². The quantitative estimate of drug-likeness (QED) is 0.857. The summed E-state index contributed by atoms with van der Waals surface area (Å²) in [4.78, 5) is 25.2. The van der Waals surface area contributed by atoms with Crippen LogP contribution in [-0.4, -0.2) is 29.6 Å². The Bertz CT molecular complexity index is 516. The number of para-hydroxylation sites is 1. The summed E-state index contributed by atoms with van der Waals surface area (Å²) in [6.45, 7) is 2.22. The van der Waals surface area contributed by atoms with Crippen LogP contribution in [0.25, 0.3) is 0 Å². The fraction of sp³-hybridized carbons (Fsp3) is 0.467. The fourth-order valence-electron chi connectivity index (χ4n) is 2.57. The number of amides is 1. The number of hydrogen-bond donors (Lipinski definition) is 2. The normalized spacial score (nSPS) is 18.7. The smallest absolute Gasteiger partial charge is 0.312 e. The first-order chi connectivity index (χ1) is 9.56. The lowest BCUT2D eigenvalue weighted by atomic mass is 10.0. The number of hydrogen-bond acceptors (Lipinski definition) is 3. The van der Waals surface area contributed by atoms with E-state index < -0.39 is 17.9 Å². The van der Waals surface area contributed by atoms with Gasteiger partial charge in [-0.15, -0.1) is 0 Å². The topological polar surface area (TPSA) is 83.6 Å². The molecule has 5 nitrogen and oxygen atoms in total. The van der Waals surface area contributed by atoms with Gasteiger partial charge in [0.15, 0.2) is 0 Å². The van der Waals surface area contributed by atoms with E-state index in [9.17, 15) is 14.7 Å². The zero-order chi connectivity index (χ0) is 14.7. The Balaban J connectivity index is 2.22. The number of anilines is 1. The predicted molar refractivity (Wildman–Crippen MR) is 76.7 cm³/mol. The monoisotopic (exact) mass is 276 g/mol. The summed E-state index contributed by atoms with van der Waals surface area (Å²) in [7, 11) is 0. The van der Waals surface area contributed by atoms with Crippen molar-refractivity contribution >= 4 is 17.6 Å². The largest absolute Gasteiger partial charge is 0.481 e. The third kappa shape index (κ3) is 2.67. The first-order valence-electron chi connectivity index (χ1n) is 6.95. The molecule has 1 aliphatic heterocycles. The lowest BCUT2D eigenvalue weighted by Crippen LogP contribution is -2.43. The third-order valence-corrected chi connectivity index (χ3v) is 3.72. The first kappa shape index (κ1) is 14.5. The Morgan fingerprint density at radius 1 is 1.45 bits per heavy atom. The Kier molecular flexibility index (Phi) is 4.39. The van der Waals surface area contributed by atoms with Crippen molar-refractivity contribution in [2.45, 2.75) is 38.1 Å². The molecule has 1 aromatic rings. The summed E-state index contributed by atoms with van der Waals surface area (Å²) in [5, 5.41) is 9.27. The predicted octanol–water partition coefficient (Wildman–Crippen LogP) is 1.72. The second-order valence-electron chi connectivity index (χ2n) is 5.15. The molecule has 0 fully saturated rings. The van der Waals surface area contributed by atoms with Gasteiger partial charge in [-0.3, -0.25) is 9.59 Å². The van der Waals surface area contributed by atoms with Crippen molar-refractivity contribution in [3.8, 4) is 0 Å². The van der Waals surface area contributed by atoms with E-state index in [2.05, 4.69) is 0 Å². The maximum atomic E-state index is 12.4. The summed E-state index contributed by atoms with van der Waals surface area (Å²) < 4.78 is 0. The summed E-state index contributed by atoms with van der Waals surface area (Å²) >= 11 is 0. The number of carbonyl (C=O) groups is 2. The number of fused-ring (bicyclic) bond motifs is 1. The van der Waals surface area contributed by atoms with Gasteiger partial charge in [0.2, 0.25) is 5.91 Å². The van der Waals surface area contributed by atoms with Gasteiger partial charge in [0.25, 0.3) is 0 Å². The van der Waals surface area contributed by atoms with E-state index in [1.807, 2.05) is 6.92 Å². The standard InChI is InChI=1S/C15H20N2O3/c1-2-3-7-12(16)14(18)17-9-11(15(19)20)10-6-4-5-8-13(10)17/h4-6,8,11-12H,2-3,7,9,16H2,1H3,(H,19,20). The lowest BCUT2D eigenvalue weighted by Gasteiger charge is -2.21. The van der Waals surface area contributed by atoms with Crippen molar-refractivity contribution in [2.75, 3.05) is 11.4 Å². The molecular weight excluding hydrogens is 256 g/mol. The summed E-state index contributed by atoms with van der Waals surface area (Å²) in [5.74, 6) is -1.75. The highest BCUT2D eigenvalue weighted by molar-refractivity contribution is 6.01. The van der Waals surface area contributed by atoms with Crippen LogP contribution in [-0.2, 0) is 9.59 Å². The summed E-state index contributed by atoms with van der Waals surface area (Å²) in [6, 6.07) is 6.58. The molecular formula is C15H20N2O3. The molecule has 1 heterocycles. The zero-order valence-electron chi connectivity index (χ0n) is 11.6. The van der Waals surface area contributed by atoms with Crippen LogP contribution in [0.2, 0.25) is 0 Å². The highest BCUT2D eigenvalue weighted by Crippen LogP contribution is 2.36. The number of unbranched alkanes of at least 4 members (excludes halogenated alkanes) is 1. The Hall–Kier alpha value is -1.88. The molecule has 0 aliphatic carbocycles. The van der Waals surface area contributed by atoms with Gasteiger partial charge in [-0.2, -0.15) is 0 Å². The van der Waals surface area contributed by atoms with Crippen LogP contribution < -0.4 is 10.6 Å². The number of carboxylic acid groups (broad SMARTS) is 1. The molecule has 5 heteroatoms. The van der Waals surface area contributed by atoms with Crippen molar-refractivity contribution in [1.29, 1.82) is 0 Å². The van der Waals surface area contributed by atoms with Crippen molar-refractivity contribution in [1.82, 2.24) is 0 Å². The molecule has 3 N–H and O–H groups in total. The van der Waals surface area contributed by atoms with E-state index in [0.29, 0.717) is 17.7 Å². The minimum Gasteiger partial charge on any atom is -0.481 e. The fourth-order valence-corrected chi connectivity index (χ4v) is 2.57. The molecule has 1 aromatic carbocycles. The van der Waals surface area contributed by atoms with Gasteiger partial charge in [-0.1, -0.05) is 38.0 Å². The average molecular weight is 276 g/mol. The van der Waals surface area contributed by atoms with Gasteiger partial charge < -0.3 is 15.7 Å². The molecule has 0 spiro atoms. The van der Waals surface area contributed by atoms with E-state index in [-0.39, 0.29) is 12.5 Å². The molecule has 0 radical (unpaired) electrons. The number of carbonyl (C=O) groups excluding carboxylic acids is 1. The second kappa shape index (κ2) is 6.05. The molecule has 20 heavy (non-hydrogen) atoms. The minimum absolute atomic E-state index is 0.174. The third-order valence-electron chi connectivity index (χ3n) is 3.72. The van der Waals surface area contributed by atoms with Gasteiger partial charge in [-0.05, 0) is 18.1 Å². The van der Waals surface area contributed by atoms with Crippen molar-refractivity contribution < 1.29 is 14.7 Å². The molecule has 2 atom stereocenters. The molecule has 1 amide bonds. The van der Waals surface area contributed by atoms with Gasteiger partial charge in [0.05, 0.1) is 6.04 Å². The van der Waals surface area contributed by atoms with E-state index >= 15 is 0 Å².